The Bertz CT molecular complexity index is 1510. The van der Waals surface area contributed by atoms with Crippen LogP contribution in [0.4, 0.5) is 0 Å². The fraction of sp³-hybridized carbons (Fsp3) is 0.691. The van der Waals surface area contributed by atoms with Crippen molar-refractivity contribution in [3.63, 3.8) is 0 Å². The van der Waals surface area contributed by atoms with Gasteiger partial charge in [-0.1, -0.05) is 265 Å². The molecular weight excluding hydrogens is 913 g/mol. The highest BCUT2D eigenvalue weighted by Crippen LogP contribution is 2.15. The number of hydrogen-bond donors (Lipinski definition) is 0. The molecule has 0 rings (SSSR count). The maximum Gasteiger partial charge on any atom is 0.306 e. The monoisotopic (exact) mass is 1030 g/mol. The molecule has 6 nitrogen and oxygen atoms in total. The van der Waals surface area contributed by atoms with E-state index in [1.807, 2.05) is 0 Å². The zero-order chi connectivity index (χ0) is 53.6. The Morgan fingerprint density at radius 3 is 0.838 bits per heavy atom. The minimum atomic E-state index is -0.783. The molecule has 0 N–H and O–H groups in total. The number of unbranched alkanes of at least 4 members (excludes halogenated alkanes) is 26. The Morgan fingerprint density at radius 1 is 0.284 bits per heavy atom. The summed E-state index contributed by atoms with van der Waals surface area (Å²) in [5.74, 6) is -0.907. The van der Waals surface area contributed by atoms with Crippen LogP contribution in [0.15, 0.2) is 109 Å². The highest BCUT2D eigenvalue weighted by Gasteiger charge is 2.19. The number of allylic oxidation sites excluding steroid dienone is 18. The molecule has 0 fully saturated rings. The lowest BCUT2D eigenvalue weighted by atomic mass is 10.1. The van der Waals surface area contributed by atoms with Crippen molar-refractivity contribution in [2.45, 2.75) is 290 Å². The molecule has 1 atom stereocenters. The molecule has 0 aromatic carbocycles. The van der Waals surface area contributed by atoms with E-state index in [4.69, 9.17) is 14.2 Å². The third kappa shape index (κ3) is 59.0. The Hall–Kier alpha value is -3.93. The Labute approximate surface area is 457 Å². The summed E-state index contributed by atoms with van der Waals surface area (Å²) in [6.07, 6.45) is 84.1. The summed E-state index contributed by atoms with van der Waals surface area (Å²) in [4.78, 5) is 38.0. The van der Waals surface area contributed by atoms with Gasteiger partial charge in [-0.05, 0) is 109 Å². The fourth-order valence-corrected chi connectivity index (χ4v) is 8.39. The molecule has 0 saturated heterocycles. The maximum atomic E-state index is 12.8. The van der Waals surface area contributed by atoms with Crippen LogP contribution < -0.4 is 0 Å². The molecule has 422 valence electrons. The van der Waals surface area contributed by atoms with Gasteiger partial charge >= 0.3 is 17.9 Å². The molecule has 0 aliphatic carbocycles. The lowest BCUT2D eigenvalue weighted by molar-refractivity contribution is -0.167. The number of esters is 3. The number of carbonyl (C=O) groups is 3. The summed E-state index contributed by atoms with van der Waals surface area (Å²) >= 11 is 0. The van der Waals surface area contributed by atoms with Crippen LogP contribution in [-0.4, -0.2) is 37.2 Å². The normalized spacial score (nSPS) is 12.9. The third-order valence-electron chi connectivity index (χ3n) is 13.0. The van der Waals surface area contributed by atoms with Crippen molar-refractivity contribution < 1.29 is 28.6 Å². The number of rotatable bonds is 55. The summed E-state index contributed by atoms with van der Waals surface area (Å²) in [7, 11) is 0. The molecule has 0 saturated carbocycles. The van der Waals surface area contributed by atoms with Crippen molar-refractivity contribution in [3.8, 4) is 0 Å². The largest absolute Gasteiger partial charge is 0.462 e. The molecule has 74 heavy (non-hydrogen) atoms. The molecule has 0 aromatic rings. The maximum absolute atomic E-state index is 12.8. The van der Waals surface area contributed by atoms with Crippen LogP contribution in [-0.2, 0) is 28.6 Å². The molecule has 0 amide bonds. The first kappa shape index (κ1) is 70.1. The topological polar surface area (TPSA) is 78.9 Å². The van der Waals surface area contributed by atoms with Gasteiger partial charge in [-0.2, -0.15) is 0 Å². The smallest absolute Gasteiger partial charge is 0.306 e. The van der Waals surface area contributed by atoms with Gasteiger partial charge in [-0.15, -0.1) is 0 Å². The van der Waals surface area contributed by atoms with E-state index in [2.05, 4.69) is 130 Å². The van der Waals surface area contributed by atoms with E-state index in [9.17, 15) is 14.4 Å². The van der Waals surface area contributed by atoms with Gasteiger partial charge in [0.25, 0.3) is 0 Å². The van der Waals surface area contributed by atoms with Gasteiger partial charge in [0.1, 0.15) is 13.2 Å². The van der Waals surface area contributed by atoms with E-state index < -0.39 is 6.10 Å². The minimum absolute atomic E-state index is 0.0832. The first-order valence-electron chi connectivity index (χ1n) is 30.9. The van der Waals surface area contributed by atoms with Crippen LogP contribution in [0.1, 0.15) is 284 Å². The highest BCUT2D eigenvalue weighted by atomic mass is 16.6. The van der Waals surface area contributed by atoms with E-state index in [-0.39, 0.29) is 31.1 Å². The average Bonchev–Trinajstić information content (AvgIpc) is 3.40. The molecule has 0 spiro atoms. The Kier molecular flexibility index (Phi) is 58.3. The molecule has 0 aromatic heterocycles. The Balaban J connectivity index is 4.16. The van der Waals surface area contributed by atoms with Crippen molar-refractivity contribution in [1.82, 2.24) is 0 Å². The minimum Gasteiger partial charge on any atom is -0.462 e. The quantitative estimate of drug-likeness (QED) is 0.0261. The van der Waals surface area contributed by atoms with Crippen LogP contribution in [0.5, 0.6) is 0 Å². The fourth-order valence-electron chi connectivity index (χ4n) is 8.39. The molecule has 0 aliphatic rings. The van der Waals surface area contributed by atoms with Crippen molar-refractivity contribution in [3.05, 3.63) is 109 Å². The van der Waals surface area contributed by atoms with E-state index in [0.717, 1.165) is 122 Å². The van der Waals surface area contributed by atoms with Crippen LogP contribution in [0.2, 0.25) is 0 Å². The van der Waals surface area contributed by atoms with E-state index in [1.165, 1.54) is 122 Å². The first-order chi connectivity index (χ1) is 36.5. The van der Waals surface area contributed by atoms with Crippen molar-refractivity contribution in [1.29, 1.82) is 0 Å². The van der Waals surface area contributed by atoms with Gasteiger partial charge in [0.05, 0.1) is 0 Å². The summed E-state index contributed by atoms with van der Waals surface area (Å²) in [6, 6.07) is 0. The van der Waals surface area contributed by atoms with E-state index >= 15 is 0 Å². The van der Waals surface area contributed by atoms with Crippen LogP contribution >= 0.6 is 0 Å². The van der Waals surface area contributed by atoms with Gasteiger partial charge in [0, 0.05) is 19.3 Å². The predicted octanol–water partition coefficient (Wildman–Crippen LogP) is 21.0. The Morgan fingerprint density at radius 2 is 0.527 bits per heavy atom. The zero-order valence-corrected chi connectivity index (χ0v) is 48.3. The van der Waals surface area contributed by atoms with Crippen molar-refractivity contribution >= 4 is 17.9 Å². The average molecular weight is 1030 g/mol. The standard InChI is InChI=1S/C68H114O6/c1-4-7-10-13-16-18-20-22-24-26-28-29-30-31-32-33-34-35-36-37-38-39-41-42-44-46-48-50-52-55-58-61-67(70)73-64-65(63-72-66(69)60-57-54-15-12-9-6-3)74-68(71)62-59-56-53-51-49-47-45-43-40-27-25-23-21-19-17-14-11-8-5-2/h7,10,16,18,22-25,28-29,31-32,34-35,37-38,41-42,65H,4-6,8-9,11-15,17,19-21,26-27,30,33,36,39-40,43-64H2,1-3H3/b10-7-,18-16-,24-22-,25-23-,29-28-,32-31-,35-34-,38-37-,42-41-. The van der Waals surface area contributed by atoms with Crippen LogP contribution in [0.3, 0.4) is 0 Å². The van der Waals surface area contributed by atoms with E-state index in [1.54, 1.807) is 0 Å². The second-order valence-corrected chi connectivity index (χ2v) is 20.2. The van der Waals surface area contributed by atoms with Gasteiger partial charge in [-0.25, -0.2) is 0 Å². The van der Waals surface area contributed by atoms with Crippen LogP contribution in [0.25, 0.3) is 0 Å². The molecule has 0 bridgehead atoms. The third-order valence-corrected chi connectivity index (χ3v) is 13.0. The first-order valence-corrected chi connectivity index (χ1v) is 30.9. The van der Waals surface area contributed by atoms with Gasteiger partial charge in [-0.3, -0.25) is 14.4 Å². The summed E-state index contributed by atoms with van der Waals surface area (Å²) < 4.78 is 16.8. The summed E-state index contributed by atoms with van der Waals surface area (Å²) in [5, 5.41) is 0. The van der Waals surface area contributed by atoms with Crippen LogP contribution in [0, 0.1) is 0 Å². The van der Waals surface area contributed by atoms with Crippen molar-refractivity contribution in [2.75, 3.05) is 13.2 Å². The number of hydrogen-bond acceptors (Lipinski definition) is 6. The summed E-state index contributed by atoms with van der Waals surface area (Å²) in [6.45, 7) is 6.46. The molecular formula is C68H114O6. The molecule has 0 aliphatic heterocycles. The van der Waals surface area contributed by atoms with E-state index in [0.29, 0.717) is 19.3 Å². The second-order valence-electron chi connectivity index (χ2n) is 20.2. The SMILES string of the molecule is CC/C=C\C/C=C\C/C=C\C/C=C\C/C=C\C/C=C\C/C=C\C/C=C\CCCCCCCCC(=O)OCC(COC(=O)CCCCCCCC)OC(=O)CCCCCCCCCCC/C=C\CCCCCCCC. The molecule has 0 radical (unpaired) electrons. The number of carbonyl (C=O) groups excluding carboxylic acids is 3. The van der Waals surface area contributed by atoms with Gasteiger partial charge in [0.15, 0.2) is 6.10 Å². The van der Waals surface area contributed by atoms with Crippen molar-refractivity contribution in [2.24, 2.45) is 0 Å². The molecule has 1 unspecified atom stereocenters. The lowest BCUT2D eigenvalue weighted by Gasteiger charge is -2.18. The second kappa shape index (κ2) is 61.6. The highest BCUT2D eigenvalue weighted by molar-refractivity contribution is 5.71. The molecule has 6 heteroatoms. The summed E-state index contributed by atoms with van der Waals surface area (Å²) in [5.41, 5.74) is 0. The zero-order valence-electron chi connectivity index (χ0n) is 48.3. The number of ether oxygens (including phenoxy) is 3. The lowest BCUT2D eigenvalue weighted by Crippen LogP contribution is -2.30. The predicted molar refractivity (Wildman–Crippen MR) is 320 cm³/mol. The molecule has 0 heterocycles. The van der Waals surface area contributed by atoms with Gasteiger partial charge < -0.3 is 14.2 Å². The van der Waals surface area contributed by atoms with Gasteiger partial charge in [0.2, 0.25) is 0 Å².